The van der Waals surface area contributed by atoms with Crippen LogP contribution in [0, 0.1) is 6.57 Å². The van der Waals surface area contributed by atoms with Crippen molar-refractivity contribution in [3.8, 4) is 6.57 Å². The predicted octanol–water partition coefficient (Wildman–Crippen LogP) is -1.98. The molecule has 0 aliphatic carbocycles. The highest BCUT2D eigenvalue weighted by Crippen LogP contribution is 1.65. The van der Waals surface area contributed by atoms with E-state index in [1.807, 2.05) is 0 Å². The molecule has 0 bridgehead atoms. The van der Waals surface area contributed by atoms with Gasteiger partial charge in [-0.1, -0.05) is 4.85 Å². The summed E-state index contributed by atoms with van der Waals surface area (Å²) in [5, 5.41) is 0. The van der Waals surface area contributed by atoms with Crippen molar-refractivity contribution < 1.29 is 17.1 Å². The van der Waals surface area contributed by atoms with Gasteiger partial charge in [0, 0.05) is 7.11 Å². The zero-order valence-electron chi connectivity index (χ0n) is 4.63. The number of hydrogen-bond acceptors (Lipinski definition) is 1. The second-order valence-electron chi connectivity index (χ2n) is 0.899. The minimum absolute atomic E-state index is 0. The number of rotatable bonds is 2. The van der Waals surface area contributed by atoms with E-state index in [1.54, 1.807) is 7.11 Å². The van der Waals surface area contributed by atoms with Gasteiger partial charge in [0.2, 0.25) is 0 Å². The van der Waals surface area contributed by atoms with Crippen LogP contribution in [0.2, 0.25) is 0 Å². The molecule has 0 aromatic carbocycles. The number of nitrogens with zero attached hydrogens (tertiary/aromatic N) is 1. The van der Waals surface area contributed by atoms with E-state index in [-0.39, 0.29) is 24.8 Å². The summed E-state index contributed by atoms with van der Waals surface area (Å²) in [7, 11) is 1.62. The van der Waals surface area contributed by atoms with Gasteiger partial charge in [-0.15, -0.1) is 12.4 Å². The smallest absolute Gasteiger partial charge is 0.286 e. The van der Waals surface area contributed by atoms with Crippen molar-refractivity contribution in [3.63, 3.8) is 0 Å². The molecule has 0 aromatic rings. The molecule has 0 saturated carbocycles. The maximum absolute atomic E-state index is 4.76. The topological polar surface area (TPSA) is 13.6 Å². The molecule has 0 fully saturated rings. The number of halogens is 2. The van der Waals surface area contributed by atoms with E-state index in [2.05, 4.69) is 9.58 Å². The Hall–Kier alpha value is 0.0300. The molecule has 0 saturated heterocycles. The Bertz CT molecular complexity index is 61.5. The summed E-state index contributed by atoms with van der Waals surface area (Å²) in [4.78, 5) is 3.30. The van der Waals surface area contributed by atoms with Crippen LogP contribution in [-0.4, -0.2) is 20.3 Å². The minimum Gasteiger partial charge on any atom is -1.00 e. The van der Waals surface area contributed by atoms with Gasteiger partial charge < -0.3 is 17.1 Å². The summed E-state index contributed by atoms with van der Waals surface area (Å²) in [6, 6.07) is 0. The van der Waals surface area contributed by atoms with Crippen molar-refractivity contribution >= 4 is 12.4 Å². The fourth-order valence-corrected chi connectivity index (χ4v) is 0.144. The molecule has 0 N–H and O–H groups in total. The van der Waals surface area contributed by atoms with Crippen LogP contribution in [0.5, 0.6) is 0 Å². The molecule has 0 aromatic heterocycles. The SMILES string of the molecule is C#[N+]CCOC.Cl.[Cl-]. The Balaban J connectivity index is -0.000000125. The number of methoxy groups -OCH3 is 1. The zero-order valence-corrected chi connectivity index (χ0v) is 6.21. The van der Waals surface area contributed by atoms with Gasteiger partial charge in [0.1, 0.15) is 6.61 Å². The molecule has 2 nitrogen and oxygen atoms in total. The molecule has 0 amide bonds. The quantitative estimate of drug-likeness (QED) is 0.424. The first-order valence-electron chi connectivity index (χ1n) is 1.77. The third-order valence-corrected chi connectivity index (χ3v) is 0.425. The summed E-state index contributed by atoms with van der Waals surface area (Å²) in [5.41, 5.74) is 0. The third-order valence-electron chi connectivity index (χ3n) is 0.425. The molecular weight excluding hydrogens is 149 g/mol. The standard InChI is InChI=1S/C4H8NO.2ClH/c1-5-3-4-6-2;;/h1H,3-4H2,2H3;2*1H/q+1;;/p-1. The predicted molar refractivity (Wildman–Crippen MR) is 32.3 cm³/mol. The van der Waals surface area contributed by atoms with Gasteiger partial charge in [0.25, 0.3) is 13.1 Å². The first-order valence-corrected chi connectivity index (χ1v) is 1.77. The molecule has 0 aliphatic heterocycles. The molecular formula is C4H9Cl2NO. The van der Waals surface area contributed by atoms with E-state index >= 15 is 0 Å². The fraction of sp³-hybridized carbons (Fsp3) is 0.750. The Morgan fingerprint density at radius 3 is 2.25 bits per heavy atom. The largest absolute Gasteiger partial charge is 1.00 e. The monoisotopic (exact) mass is 157 g/mol. The Morgan fingerprint density at radius 1 is 1.62 bits per heavy atom. The van der Waals surface area contributed by atoms with E-state index in [0.29, 0.717) is 13.2 Å². The molecule has 0 aliphatic rings. The average Bonchev–Trinajstić information content (AvgIpc) is 1.61. The van der Waals surface area contributed by atoms with Crippen LogP contribution in [0.1, 0.15) is 0 Å². The van der Waals surface area contributed by atoms with Gasteiger partial charge in [-0.2, -0.15) is 0 Å². The fourth-order valence-electron chi connectivity index (χ4n) is 0.144. The average molecular weight is 158 g/mol. The molecule has 0 heterocycles. The van der Waals surface area contributed by atoms with Crippen molar-refractivity contribution in [1.29, 1.82) is 0 Å². The van der Waals surface area contributed by atoms with Gasteiger partial charge in [0.05, 0.1) is 0 Å². The van der Waals surface area contributed by atoms with Crippen LogP contribution in [0.3, 0.4) is 0 Å². The summed E-state index contributed by atoms with van der Waals surface area (Å²) >= 11 is 0. The molecule has 50 valence electrons. The number of hydrogen-bond donors (Lipinski definition) is 0. The van der Waals surface area contributed by atoms with Gasteiger partial charge in [-0.25, -0.2) is 0 Å². The van der Waals surface area contributed by atoms with Crippen molar-refractivity contribution in [2.45, 2.75) is 0 Å². The maximum atomic E-state index is 4.76. The van der Waals surface area contributed by atoms with Crippen LogP contribution >= 0.6 is 12.4 Å². The normalized spacial score (nSPS) is 5.50. The third kappa shape index (κ3) is 16.6. The molecule has 4 heteroatoms. The van der Waals surface area contributed by atoms with Crippen LogP contribution in [-0.2, 0) is 4.74 Å². The lowest BCUT2D eigenvalue weighted by Crippen LogP contribution is -3.00. The van der Waals surface area contributed by atoms with Crippen molar-refractivity contribution in [2.75, 3.05) is 20.3 Å². The van der Waals surface area contributed by atoms with Crippen molar-refractivity contribution in [2.24, 2.45) is 0 Å². The lowest BCUT2D eigenvalue weighted by Gasteiger charge is -1.77. The van der Waals surface area contributed by atoms with E-state index in [9.17, 15) is 0 Å². The highest BCUT2D eigenvalue weighted by atomic mass is 35.5. The highest BCUT2D eigenvalue weighted by molar-refractivity contribution is 5.85. The lowest BCUT2D eigenvalue weighted by atomic mass is 10.7. The Kier molecular flexibility index (Phi) is 30.9. The Morgan fingerprint density at radius 2 is 2.12 bits per heavy atom. The summed E-state index contributed by atoms with van der Waals surface area (Å²) in [6.45, 7) is 5.97. The molecule has 8 heavy (non-hydrogen) atoms. The molecule has 0 unspecified atom stereocenters. The summed E-state index contributed by atoms with van der Waals surface area (Å²) in [6.07, 6.45) is 0. The zero-order chi connectivity index (χ0) is 4.83. The first kappa shape index (κ1) is 15.7. The van der Waals surface area contributed by atoms with E-state index < -0.39 is 0 Å². The van der Waals surface area contributed by atoms with Crippen molar-refractivity contribution in [3.05, 3.63) is 4.85 Å². The van der Waals surface area contributed by atoms with Crippen LogP contribution in [0.25, 0.3) is 4.85 Å². The minimum atomic E-state index is 0. The number of ether oxygens (including phenoxy) is 1. The van der Waals surface area contributed by atoms with E-state index in [4.69, 9.17) is 6.57 Å². The molecule has 0 rings (SSSR count). The summed E-state index contributed by atoms with van der Waals surface area (Å²) < 4.78 is 4.61. The second kappa shape index (κ2) is 15.7. The lowest BCUT2D eigenvalue weighted by molar-refractivity contribution is -0.00000183. The van der Waals surface area contributed by atoms with E-state index in [1.165, 1.54) is 0 Å². The molecule has 0 spiro atoms. The Labute approximate surface area is 61.9 Å². The van der Waals surface area contributed by atoms with Crippen LogP contribution in [0.4, 0.5) is 0 Å². The molecule has 0 radical (unpaired) electrons. The van der Waals surface area contributed by atoms with E-state index in [0.717, 1.165) is 0 Å². The van der Waals surface area contributed by atoms with Gasteiger partial charge in [0.15, 0.2) is 0 Å². The molecule has 0 atom stereocenters. The van der Waals surface area contributed by atoms with Crippen molar-refractivity contribution in [1.82, 2.24) is 0 Å². The first-order chi connectivity index (χ1) is 2.91. The van der Waals surface area contributed by atoms with Crippen LogP contribution in [0.15, 0.2) is 0 Å². The van der Waals surface area contributed by atoms with Crippen LogP contribution < -0.4 is 12.4 Å². The van der Waals surface area contributed by atoms with Gasteiger partial charge in [-0.05, 0) is 0 Å². The highest BCUT2D eigenvalue weighted by Gasteiger charge is 1.81. The maximum Gasteiger partial charge on any atom is 0.286 e. The van der Waals surface area contributed by atoms with Gasteiger partial charge in [-0.3, -0.25) is 0 Å². The second-order valence-corrected chi connectivity index (χ2v) is 0.899. The van der Waals surface area contributed by atoms with Gasteiger partial charge >= 0.3 is 0 Å². The summed E-state index contributed by atoms with van der Waals surface area (Å²) in [5.74, 6) is 0.